The van der Waals surface area contributed by atoms with Crippen molar-refractivity contribution in [3.63, 3.8) is 0 Å². The first-order valence-corrected chi connectivity index (χ1v) is 7.09. The second-order valence-electron chi connectivity index (χ2n) is 5.50. The summed E-state index contributed by atoms with van der Waals surface area (Å²) in [7, 11) is 1.48. The number of imidazole rings is 1. The monoisotopic (exact) mass is 294 g/mol. The van der Waals surface area contributed by atoms with Gasteiger partial charge in [0.1, 0.15) is 0 Å². The van der Waals surface area contributed by atoms with E-state index < -0.39 is 0 Å². The Hall–Kier alpha value is -2.09. The number of fused-ring (bicyclic) bond motifs is 1. The quantitative estimate of drug-likeness (QED) is 0.641. The molecule has 4 N–H and O–H groups in total. The summed E-state index contributed by atoms with van der Waals surface area (Å²) in [5.74, 6) is 0.757. The van der Waals surface area contributed by atoms with Crippen molar-refractivity contribution in [1.29, 1.82) is 0 Å². The first kappa shape index (κ1) is 15.3. The van der Waals surface area contributed by atoms with Crippen LogP contribution in [-0.2, 0) is 13.6 Å². The van der Waals surface area contributed by atoms with Gasteiger partial charge in [-0.1, -0.05) is 13.8 Å². The minimum Gasteiger partial charge on any atom is -0.356 e. The summed E-state index contributed by atoms with van der Waals surface area (Å²) in [5.41, 5.74) is 5.46. The van der Waals surface area contributed by atoms with Gasteiger partial charge in [-0.15, -0.1) is 0 Å². The van der Waals surface area contributed by atoms with Crippen LogP contribution < -0.4 is 22.3 Å². The minimum absolute atomic E-state index is 0.272. The maximum absolute atomic E-state index is 12.2. The molecule has 0 unspecified atom stereocenters. The molecule has 0 aliphatic heterocycles. The number of nitrogens with zero attached hydrogens (tertiary/aromatic N) is 3. The van der Waals surface area contributed by atoms with E-state index in [-0.39, 0.29) is 17.2 Å². The molecule has 2 heterocycles. The van der Waals surface area contributed by atoms with Gasteiger partial charge < -0.3 is 16.0 Å². The van der Waals surface area contributed by atoms with Gasteiger partial charge >= 0.3 is 5.69 Å². The first-order chi connectivity index (χ1) is 9.95. The molecule has 0 fully saturated rings. The third-order valence-corrected chi connectivity index (χ3v) is 3.20. The highest BCUT2D eigenvalue weighted by Gasteiger charge is 2.16. The number of hydrogen-bond acceptors (Lipinski definition) is 5. The van der Waals surface area contributed by atoms with E-state index in [0.717, 1.165) is 11.0 Å². The van der Waals surface area contributed by atoms with Crippen molar-refractivity contribution in [2.45, 2.75) is 26.8 Å². The van der Waals surface area contributed by atoms with Crippen molar-refractivity contribution in [3.05, 3.63) is 20.8 Å². The summed E-state index contributed by atoms with van der Waals surface area (Å²) in [6.45, 7) is 5.77. The number of anilines is 1. The molecule has 0 saturated carbocycles. The predicted octanol–water partition coefficient (Wildman–Crippen LogP) is -0.160. The van der Waals surface area contributed by atoms with Gasteiger partial charge in [-0.05, 0) is 18.9 Å². The van der Waals surface area contributed by atoms with E-state index in [2.05, 4.69) is 15.3 Å². The van der Waals surface area contributed by atoms with E-state index >= 15 is 0 Å². The third-order valence-electron chi connectivity index (χ3n) is 3.20. The molecule has 8 heteroatoms. The molecule has 21 heavy (non-hydrogen) atoms. The second kappa shape index (κ2) is 6.13. The van der Waals surface area contributed by atoms with Crippen LogP contribution in [0.1, 0.15) is 20.3 Å². The number of aromatic nitrogens is 4. The SMILES string of the molecule is CC(C)Cn1c(=O)n(C)c(=O)c2[nH]c(NCCCN)nc21. The van der Waals surface area contributed by atoms with E-state index in [1.807, 2.05) is 13.8 Å². The molecule has 2 aromatic rings. The fourth-order valence-electron chi connectivity index (χ4n) is 2.16. The summed E-state index contributed by atoms with van der Waals surface area (Å²) in [6, 6.07) is 0. The van der Waals surface area contributed by atoms with Crippen molar-refractivity contribution < 1.29 is 0 Å². The van der Waals surface area contributed by atoms with Crippen LogP contribution in [0.25, 0.3) is 11.2 Å². The van der Waals surface area contributed by atoms with Crippen molar-refractivity contribution in [1.82, 2.24) is 19.1 Å². The van der Waals surface area contributed by atoms with Crippen molar-refractivity contribution in [3.8, 4) is 0 Å². The number of rotatable bonds is 6. The molecular formula is C13H22N6O2. The Labute approximate surface area is 122 Å². The molecule has 0 aliphatic carbocycles. The lowest BCUT2D eigenvalue weighted by Crippen LogP contribution is -2.38. The fraction of sp³-hybridized carbons (Fsp3) is 0.615. The maximum Gasteiger partial charge on any atom is 0.332 e. The molecule has 0 amide bonds. The van der Waals surface area contributed by atoms with Crippen LogP contribution in [0.5, 0.6) is 0 Å². The Morgan fingerprint density at radius 1 is 1.38 bits per heavy atom. The number of hydrogen-bond donors (Lipinski definition) is 3. The van der Waals surface area contributed by atoms with Gasteiger partial charge in [-0.25, -0.2) is 4.79 Å². The Bertz CT molecular complexity index is 739. The van der Waals surface area contributed by atoms with Crippen molar-refractivity contribution in [2.24, 2.45) is 18.7 Å². The van der Waals surface area contributed by atoms with Gasteiger partial charge in [-0.3, -0.25) is 13.9 Å². The summed E-state index contributed by atoms with van der Waals surface area (Å²) >= 11 is 0. The Balaban J connectivity index is 2.55. The first-order valence-electron chi connectivity index (χ1n) is 7.09. The summed E-state index contributed by atoms with van der Waals surface area (Å²) < 4.78 is 2.64. The molecule has 2 aromatic heterocycles. The molecule has 0 saturated heterocycles. The second-order valence-corrected chi connectivity index (χ2v) is 5.50. The highest BCUT2D eigenvalue weighted by atomic mass is 16.2. The fourth-order valence-corrected chi connectivity index (χ4v) is 2.16. The lowest BCUT2D eigenvalue weighted by Gasteiger charge is -2.10. The zero-order valence-electron chi connectivity index (χ0n) is 12.6. The average molecular weight is 294 g/mol. The lowest BCUT2D eigenvalue weighted by molar-refractivity contribution is 0.500. The normalized spacial score (nSPS) is 11.5. The van der Waals surface area contributed by atoms with E-state index in [1.54, 1.807) is 0 Å². The smallest absolute Gasteiger partial charge is 0.332 e. The molecule has 0 radical (unpaired) electrons. The van der Waals surface area contributed by atoms with Gasteiger partial charge in [0, 0.05) is 20.1 Å². The van der Waals surface area contributed by atoms with Crippen LogP contribution in [-0.4, -0.2) is 32.2 Å². The van der Waals surface area contributed by atoms with Crippen LogP contribution in [0.2, 0.25) is 0 Å². The highest BCUT2D eigenvalue weighted by Crippen LogP contribution is 2.10. The van der Waals surface area contributed by atoms with E-state index in [9.17, 15) is 9.59 Å². The van der Waals surface area contributed by atoms with Crippen LogP contribution >= 0.6 is 0 Å². The van der Waals surface area contributed by atoms with E-state index in [0.29, 0.717) is 36.7 Å². The molecule has 8 nitrogen and oxygen atoms in total. The van der Waals surface area contributed by atoms with E-state index in [1.165, 1.54) is 11.6 Å². The van der Waals surface area contributed by atoms with E-state index in [4.69, 9.17) is 5.73 Å². The molecule has 0 atom stereocenters. The number of H-pyrrole nitrogens is 1. The van der Waals surface area contributed by atoms with Crippen LogP contribution in [0.15, 0.2) is 9.59 Å². The molecule has 0 aliphatic rings. The van der Waals surface area contributed by atoms with Crippen LogP contribution in [0.4, 0.5) is 5.95 Å². The highest BCUT2D eigenvalue weighted by molar-refractivity contribution is 5.72. The minimum atomic E-state index is -0.366. The summed E-state index contributed by atoms with van der Waals surface area (Å²) in [4.78, 5) is 31.7. The van der Waals surface area contributed by atoms with Gasteiger partial charge in [-0.2, -0.15) is 4.98 Å². The topological polar surface area (TPSA) is 111 Å². The Kier molecular flexibility index (Phi) is 4.46. The summed E-state index contributed by atoms with van der Waals surface area (Å²) in [5, 5.41) is 3.07. The number of aromatic amines is 1. The molecule has 0 aromatic carbocycles. The molecule has 116 valence electrons. The molecule has 0 spiro atoms. The molecular weight excluding hydrogens is 272 g/mol. The number of nitrogens with one attached hydrogen (secondary N) is 2. The van der Waals surface area contributed by atoms with Crippen molar-refractivity contribution in [2.75, 3.05) is 18.4 Å². The Morgan fingerprint density at radius 2 is 2.10 bits per heavy atom. The largest absolute Gasteiger partial charge is 0.356 e. The zero-order chi connectivity index (χ0) is 15.6. The summed E-state index contributed by atoms with van der Waals surface area (Å²) in [6.07, 6.45) is 0.799. The Morgan fingerprint density at radius 3 is 2.71 bits per heavy atom. The zero-order valence-corrected chi connectivity index (χ0v) is 12.6. The third kappa shape index (κ3) is 2.99. The standard InChI is InChI=1S/C13H22N6O2/c1-8(2)7-19-10-9(11(20)18(3)13(19)21)16-12(17-10)15-6-4-5-14/h8H,4-7,14H2,1-3H3,(H2,15,16,17). The van der Waals surface area contributed by atoms with Crippen molar-refractivity contribution >= 4 is 17.1 Å². The maximum atomic E-state index is 12.2. The van der Waals surface area contributed by atoms with Gasteiger partial charge in [0.05, 0.1) is 0 Å². The predicted molar refractivity (Wildman–Crippen MR) is 82.6 cm³/mol. The number of nitrogens with two attached hydrogens (primary N) is 1. The van der Waals surface area contributed by atoms with Gasteiger partial charge in [0.25, 0.3) is 5.56 Å². The van der Waals surface area contributed by atoms with Crippen LogP contribution in [0.3, 0.4) is 0 Å². The van der Waals surface area contributed by atoms with Gasteiger partial charge in [0.15, 0.2) is 11.2 Å². The molecule has 2 rings (SSSR count). The van der Waals surface area contributed by atoms with Crippen LogP contribution in [0, 0.1) is 5.92 Å². The lowest BCUT2D eigenvalue weighted by atomic mass is 10.2. The van der Waals surface area contributed by atoms with Gasteiger partial charge in [0.2, 0.25) is 5.95 Å². The molecule has 0 bridgehead atoms. The average Bonchev–Trinajstić information content (AvgIpc) is 2.85.